The van der Waals surface area contributed by atoms with E-state index >= 15 is 0 Å². The molecular formula is C17H31NO2. The fourth-order valence-corrected chi connectivity index (χ4v) is 4.41. The van der Waals surface area contributed by atoms with E-state index in [1.807, 2.05) is 0 Å². The Morgan fingerprint density at radius 3 is 2.65 bits per heavy atom. The lowest BCUT2D eigenvalue weighted by Gasteiger charge is -2.47. The van der Waals surface area contributed by atoms with Gasteiger partial charge in [-0.25, -0.2) is 0 Å². The molecule has 2 atom stereocenters. The van der Waals surface area contributed by atoms with Crippen molar-refractivity contribution in [3.05, 3.63) is 0 Å². The van der Waals surface area contributed by atoms with Crippen LogP contribution in [0, 0.1) is 10.8 Å². The van der Waals surface area contributed by atoms with Crippen molar-refractivity contribution in [3.8, 4) is 0 Å². The summed E-state index contributed by atoms with van der Waals surface area (Å²) in [6.45, 7) is 8.70. The van der Waals surface area contributed by atoms with E-state index < -0.39 is 11.4 Å². The van der Waals surface area contributed by atoms with Gasteiger partial charge in [-0.2, -0.15) is 0 Å². The molecule has 0 aromatic carbocycles. The molecule has 0 aromatic rings. The van der Waals surface area contributed by atoms with E-state index in [-0.39, 0.29) is 0 Å². The standard InChI is InChI=1S/C17H31NO2/c1-4-8-17(15(19)20)10-6-11-18(13-17)14-7-5-9-16(2,3)12-14/h14H,4-13H2,1-3H3,(H,19,20). The first-order valence-corrected chi connectivity index (χ1v) is 8.36. The van der Waals surface area contributed by atoms with Crippen LogP contribution in [0.1, 0.15) is 72.1 Å². The molecule has 2 fully saturated rings. The molecule has 20 heavy (non-hydrogen) atoms. The molecule has 1 aliphatic carbocycles. The second kappa shape index (κ2) is 6.05. The molecule has 3 heteroatoms. The zero-order valence-electron chi connectivity index (χ0n) is 13.5. The minimum absolute atomic E-state index is 0.428. The fraction of sp³-hybridized carbons (Fsp3) is 0.941. The summed E-state index contributed by atoms with van der Waals surface area (Å²) in [5.41, 5.74) is -0.0500. The Morgan fingerprint density at radius 1 is 1.30 bits per heavy atom. The van der Waals surface area contributed by atoms with E-state index in [1.54, 1.807) is 0 Å². The van der Waals surface area contributed by atoms with Crippen molar-refractivity contribution in [3.63, 3.8) is 0 Å². The van der Waals surface area contributed by atoms with Crippen LogP contribution in [0.2, 0.25) is 0 Å². The van der Waals surface area contributed by atoms with Crippen molar-refractivity contribution in [1.29, 1.82) is 0 Å². The molecule has 1 heterocycles. The van der Waals surface area contributed by atoms with Gasteiger partial charge in [0.2, 0.25) is 0 Å². The van der Waals surface area contributed by atoms with Gasteiger partial charge >= 0.3 is 5.97 Å². The SMILES string of the molecule is CCCC1(C(=O)O)CCCN(C2CCCC(C)(C)C2)C1. The van der Waals surface area contributed by atoms with Crippen molar-refractivity contribution in [2.45, 2.75) is 78.2 Å². The van der Waals surface area contributed by atoms with Gasteiger partial charge in [0.05, 0.1) is 5.41 Å². The lowest BCUT2D eigenvalue weighted by Crippen LogP contribution is -2.52. The molecule has 3 nitrogen and oxygen atoms in total. The van der Waals surface area contributed by atoms with E-state index in [4.69, 9.17) is 0 Å². The predicted molar refractivity (Wildman–Crippen MR) is 81.8 cm³/mol. The second-order valence-corrected chi connectivity index (χ2v) is 7.82. The van der Waals surface area contributed by atoms with Crippen molar-refractivity contribution in [1.82, 2.24) is 4.90 Å². The average molecular weight is 281 g/mol. The highest BCUT2D eigenvalue weighted by Crippen LogP contribution is 2.41. The number of hydrogen-bond acceptors (Lipinski definition) is 2. The third-order valence-corrected chi connectivity index (χ3v) is 5.48. The number of likely N-dealkylation sites (tertiary alicyclic amines) is 1. The summed E-state index contributed by atoms with van der Waals surface area (Å²) in [4.78, 5) is 14.3. The number of rotatable bonds is 4. The summed E-state index contributed by atoms with van der Waals surface area (Å²) < 4.78 is 0. The summed E-state index contributed by atoms with van der Waals surface area (Å²) in [5.74, 6) is -0.570. The van der Waals surface area contributed by atoms with Crippen molar-refractivity contribution in [2.75, 3.05) is 13.1 Å². The Bertz CT molecular complexity index is 349. The fourth-order valence-electron chi connectivity index (χ4n) is 4.41. The van der Waals surface area contributed by atoms with Crippen LogP contribution >= 0.6 is 0 Å². The van der Waals surface area contributed by atoms with Crippen molar-refractivity contribution < 1.29 is 9.90 Å². The molecule has 0 amide bonds. The molecule has 0 spiro atoms. The third-order valence-electron chi connectivity index (χ3n) is 5.48. The van der Waals surface area contributed by atoms with Gasteiger partial charge in [-0.3, -0.25) is 9.69 Å². The van der Waals surface area contributed by atoms with Crippen LogP contribution in [0.4, 0.5) is 0 Å². The number of carboxylic acids is 1. The zero-order chi connectivity index (χ0) is 14.8. The van der Waals surface area contributed by atoms with Gasteiger partial charge in [0, 0.05) is 12.6 Å². The van der Waals surface area contributed by atoms with E-state index in [2.05, 4.69) is 25.7 Å². The molecular weight excluding hydrogens is 250 g/mol. The van der Waals surface area contributed by atoms with Gasteiger partial charge in [-0.1, -0.05) is 33.6 Å². The lowest BCUT2D eigenvalue weighted by molar-refractivity contribution is -0.154. The number of hydrogen-bond donors (Lipinski definition) is 1. The monoisotopic (exact) mass is 281 g/mol. The van der Waals surface area contributed by atoms with E-state index in [1.165, 1.54) is 25.7 Å². The van der Waals surface area contributed by atoms with Crippen LogP contribution in [0.25, 0.3) is 0 Å². The summed E-state index contributed by atoms with van der Waals surface area (Å²) >= 11 is 0. The van der Waals surface area contributed by atoms with Crippen molar-refractivity contribution >= 4 is 5.97 Å². The zero-order valence-corrected chi connectivity index (χ0v) is 13.5. The molecule has 1 saturated carbocycles. The highest BCUT2D eigenvalue weighted by atomic mass is 16.4. The molecule has 1 saturated heterocycles. The van der Waals surface area contributed by atoms with Gasteiger partial charge in [0.15, 0.2) is 0 Å². The van der Waals surface area contributed by atoms with Gasteiger partial charge < -0.3 is 5.11 Å². The maximum atomic E-state index is 11.8. The Morgan fingerprint density at radius 2 is 2.05 bits per heavy atom. The largest absolute Gasteiger partial charge is 0.481 e. The first-order valence-electron chi connectivity index (χ1n) is 8.36. The third kappa shape index (κ3) is 3.36. The van der Waals surface area contributed by atoms with Gasteiger partial charge in [0.1, 0.15) is 0 Å². The second-order valence-electron chi connectivity index (χ2n) is 7.82. The molecule has 0 aromatic heterocycles. The van der Waals surface area contributed by atoms with Crippen LogP contribution in [-0.4, -0.2) is 35.1 Å². The first kappa shape index (κ1) is 15.8. The molecule has 116 valence electrons. The molecule has 1 aliphatic heterocycles. The normalized spacial score (nSPS) is 34.9. The van der Waals surface area contributed by atoms with Crippen LogP contribution < -0.4 is 0 Å². The molecule has 0 bridgehead atoms. The maximum Gasteiger partial charge on any atom is 0.310 e. The maximum absolute atomic E-state index is 11.8. The Kier molecular flexibility index (Phi) is 4.78. The molecule has 2 rings (SSSR count). The number of carboxylic acid groups (broad SMARTS) is 1. The number of carbonyl (C=O) groups is 1. The number of nitrogens with zero attached hydrogens (tertiary/aromatic N) is 1. The van der Waals surface area contributed by atoms with Crippen LogP contribution in [0.15, 0.2) is 0 Å². The molecule has 1 N–H and O–H groups in total. The number of piperidine rings is 1. The van der Waals surface area contributed by atoms with Gasteiger partial charge in [-0.05, 0) is 50.5 Å². The minimum atomic E-state index is -0.570. The Labute approximate surface area is 123 Å². The number of aliphatic carboxylic acids is 1. The van der Waals surface area contributed by atoms with E-state index in [0.29, 0.717) is 11.5 Å². The minimum Gasteiger partial charge on any atom is -0.481 e. The smallest absolute Gasteiger partial charge is 0.310 e. The Hall–Kier alpha value is -0.570. The lowest BCUT2D eigenvalue weighted by atomic mass is 9.72. The van der Waals surface area contributed by atoms with Crippen LogP contribution in [0.5, 0.6) is 0 Å². The van der Waals surface area contributed by atoms with E-state index in [0.717, 1.165) is 38.8 Å². The summed E-state index contributed by atoms with van der Waals surface area (Å²) in [5, 5.41) is 9.71. The Balaban J connectivity index is 2.07. The highest BCUT2D eigenvalue weighted by molar-refractivity contribution is 5.75. The molecule has 0 radical (unpaired) electrons. The summed E-state index contributed by atoms with van der Waals surface area (Å²) in [6.07, 6.45) is 8.80. The van der Waals surface area contributed by atoms with Gasteiger partial charge in [0.25, 0.3) is 0 Å². The summed E-state index contributed by atoms with van der Waals surface area (Å²) in [7, 11) is 0. The van der Waals surface area contributed by atoms with E-state index in [9.17, 15) is 9.90 Å². The topological polar surface area (TPSA) is 40.5 Å². The summed E-state index contributed by atoms with van der Waals surface area (Å²) in [6, 6.07) is 0.606. The van der Waals surface area contributed by atoms with Crippen molar-refractivity contribution in [2.24, 2.45) is 10.8 Å². The molecule has 2 unspecified atom stereocenters. The predicted octanol–water partition coefficient (Wildman–Crippen LogP) is 3.92. The molecule has 2 aliphatic rings. The van der Waals surface area contributed by atoms with Gasteiger partial charge in [-0.15, -0.1) is 0 Å². The first-order chi connectivity index (χ1) is 9.38. The average Bonchev–Trinajstić information content (AvgIpc) is 2.38. The highest BCUT2D eigenvalue weighted by Gasteiger charge is 2.44. The van der Waals surface area contributed by atoms with Crippen LogP contribution in [0.3, 0.4) is 0 Å². The quantitative estimate of drug-likeness (QED) is 0.849. The van der Waals surface area contributed by atoms with Crippen LogP contribution in [-0.2, 0) is 4.79 Å².